The van der Waals surface area contributed by atoms with Gasteiger partial charge in [0.2, 0.25) is 0 Å². The largest absolute Gasteiger partial charge is 0.494 e. The van der Waals surface area contributed by atoms with E-state index in [1.54, 1.807) is 6.07 Å². The van der Waals surface area contributed by atoms with Crippen molar-refractivity contribution in [3.63, 3.8) is 0 Å². The summed E-state index contributed by atoms with van der Waals surface area (Å²) in [7, 11) is -0.576. The maximum Gasteiger partial charge on any atom is 0.494 e. The fourth-order valence-electron chi connectivity index (χ4n) is 1.86. The van der Waals surface area contributed by atoms with Crippen molar-refractivity contribution >= 4 is 24.2 Å². The molecule has 0 aromatic heterocycles. The van der Waals surface area contributed by atoms with E-state index in [9.17, 15) is 4.39 Å². The third kappa shape index (κ3) is 2.57. The van der Waals surface area contributed by atoms with Gasteiger partial charge in [0.25, 0.3) is 0 Å². The Labute approximate surface area is 118 Å². The number of hydrogen-bond donors (Lipinski definition) is 0. The van der Waals surface area contributed by atoms with E-state index in [1.165, 1.54) is 12.1 Å². The lowest BCUT2D eigenvalue weighted by molar-refractivity contribution is 0.00578. The van der Waals surface area contributed by atoms with Crippen molar-refractivity contribution in [3.8, 4) is 0 Å². The minimum absolute atomic E-state index is 0.305. The molecule has 0 atom stereocenters. The first-order valence-corrected chi connectivity index (χ1v) is 6.52. The van der Waals surface area contributed by atoms with Gasteiger partial charge in [0.15, 0.2) is 0 Å². The Morgan fingerprint density at radius 3 is 2.21 bits per heavy atom. The average Bonchev–Trinajstić information content (AvgIpc) is 2.47. The van der Waals surface area contributed by atoms with Crippen LogP contribution in [0.3, 0.4) is 0 Å². The Kier molecular flexibility index (Phi) is 3.54. The normalized spacial score (nSPS) is 20.6. The highest BCUT2D eigenvalue weighted by Gasteiger charge is 2.52. The van der Waals surface area contributed by atoms with Crippen molar-refractivity contribution in [3.05, 3.63) is 41.2 Å². The van der Waals surface area contributed by atoms with Crippen molar-refractivity contribution in [2.45, 2.75) is 38.9 Å². The molecule has 1 aliphatic heterocycles. The molecule has 0 unspecified atom stereocenters. The lowest BCUT2D eigenvalue weighted by Gasteiger charge is -2.32. The maximum atomic E-state index is 13.1. The summed E-state index contributed by atoms with van der Waals surface area (Å²) in [4.78, 5) is 0. The first-order valence-electron chi connectivity index (χ1n) is 6.14. The maximum absolute atomic E-state index is 13.1. The van der Waals surface area contributed by atoms with E-state index in [0.717, 1.165) is 0 Å². The fraction of sp³-hybridized carbons (Fsp3) is 0.429. The van der Waals surface area contributed by atoms with Crippen LogP contribution in [0.4, 0.5) is 4.39 Å². The Bertz CT molecular complexity index is 512. The molecular formula is C14H17BClFO2. The van der Waals surface area contributed by atoms with Crippen LogP contribution in [0.15, 0.2) is 24.8 Å². The van der Waals surface area contributed by atoms with Crippen molar-refractivity contribution in [2.75, 3.05) is 0 Å². The monoisotopic (exact) mass is 282 g/mol. The number of rotatable bonds is 2. The van der Waals surface area contributed by atoms with Crippen LogP contribution >= 0.6 is 11.6 Å². The van der Waals surface area contributed by atoms with E-state index in [0.29, 0.717) is 16.1 Å². The van der Waals surface area contributed by atoms with Crippen LogP contribution in [-0.2, 0) is 9.31 Å². The second-order valence-electron chi connectivity index (χ2n) is 5.74. The summed E-state index contributed by atoms with van der Waals surface area (Å²) in [5, 5.41) is 0.305. The molecule has 0 aliphatic carbocycles. The van der Waals surface area contributed by atoms with E-state index >= 15 is 0 Å². The minimum Gasteiger partial charge on any atom is -0.399 e. The molecule has 0 radical (unpaired) electrons. The van der Waals surface area contributed by atoms with Gasteiger partial charge in [0.1, 0.15) is 5.82 Å². The summed E-state index contributed by atoms with van der Waals surface area (Å²) in [6.45, 7) is 11.8. The molecule has 0 amide bonds. The molecule has 0 bridgehead atoms. The van der Waals surface area contributed by atoms with Gasteiger partial charge in [-0.25, -0.2) is 4.39 Å². The van der Waals surface area contributed by atoms with Crippen LogP contribution in [0.25, 0.3) is 5.47 Å². The molecule has 0 N–H and O–H groups in total. The van der Waals surface area contributed by atoms with Crippen molar-refractivity contribution in [1.82, 2.24) is 0 Å². The van der Waals surface area contributed by atoms with Gasteiger partial charge in [-0.15, -0.1) is 0 Å². The van der Waals surface area contributed by atoms with Gasteiger partial charge in [0.05, 0.1) is 16.2 Å². The van der Waals surface area contributed by atoms with Crippen molar-refractivity contribution in [1.29, 1.82) is 0 Å². The summed E-state index contributed by atoms with van der Waals surface area (Å²) in [5.41, 5.74) is 0.366. The second-order valence-corrected chi connectivity index (χ2v) is 6.14. The first-order chi connectivity index (χ1) is 8.64. The first kappa shape index (κ1) is 14.6. The van der Waals surface area contributed by atoms with Crippen LogP contribution < -0.4 is 0 Å². The van der Waals surface area contributed by atoms with E-state index in [2.05, 4.69) is 6.58 Å². The lowest BCUT2D eigenvalue weighted by atomic mass is 9.75. The molecular weight excluding hydrogens is 265 g/mol. The number of hydrogen-bond acceptors (Lipinski definition) is 2. The van der Waals surface area contributed by atoms with Gasteiger partial charge in [-0.3, -0.25) is 0 Å². The molecule has 1 heterocycles. The van der Waals surface area contributed by atoms with Crippen molar-refractivity contribution < 1.29 is 13.7 Å². The number of benzene rings is 1. The Balaban J connectivity index is 2.27. The fourth-order valence-corrected chi connectivity index (χ4v) is 2.15. The third-order valence-corrected chi connectivity index (χ3v) is 4.13. The molecule has 2 nitrogen and oxygen atoms in total. The topological polar surface area (TPSA) is 18.5 Å². The van der Waals surface area contributed by atoms with Gasteiger partial charge in [-0.05, 0) is 50.9 Å². The summed E-state index contributed by atoms with van der Waals surface area (Å²) >= 11 is 6.03. The molecule has 1 aliphatic rings. The highest BCUT2D eigenvalue weighted by Crippen LogP contribution is 2.40. The molecule has 5 heteroatoms. The van der Waals surface area contributed by atoms with Crippen LogP contribution in [0.1, 0.15) is 33.3 Å². The van der Waals surface area contributed by atoms with Gasteiger partial charge in [-0.1, -0.05) is 24.2 Å². The molecule has 2 rings (SSSR count). The Morgan fingerprint density at radius 1 is 1.21 bits per heavy atom. The van der Waals surface area contributed by atoms with Crippen LogP contribution in [0.5, 0.6) is 0 Å². The molecule has 102 valence electrons. The zero-order valence-corrected chi connectivity index (χ0v) is 12.3. The van der Waals surface area contributed by atoms with Crippen LogP contribution in [-0.4, -0.2) is 18.3 Å². The molecule has 1 aromatic carbocycles. The minimum atomic E-state index is -0.576. The summed E-state index contributed by atoms with van der Waals surface area (Å²) in [6.07, 6.45) is 0. The SMILES string of the molecule is C=C(B1OC(C)(C)C(C)(C)O1)c1ccc(F)cc1Cl. The highest BCUT2D eigenvalue weighted by atomic mass is 35.5. The van der Waals surface area contributed by atoms with E-state index < -0.39 is 18.3 Å². The molecule has 0 saturated carbocycles. The van der Waals surface area contributed by atoms with Crippen LogP contribution in [0, 0.1) is 5.82 Å². The molecule has 1 aromatic rings. The predicted molar refractivity (Wildman–Crippen MR) is 76.5 cm³/mol. The molecule has 19 heavy (non-hydrogen) atoms. The Hall–Kier alpha value is -0.835. The zero-order chi connectivity index (χ0) is 14.4. The standard InChI is InChI=1S/C14H17BClFO2/c1-9(11-7-6-10(17)8-12(11)16)15-18-13(2,3)14(4,5)19-15/h6-8H,1H2,2-5H3. The van der Waals surface area contributed by atoms with E-state index in [4.69, 9.17) is 20.9 Å². The van der Waals surface area contributed by atoms with E-state index in [-0.39, 0.29) is 5.82 Å². The van der Waals surface area contributed by atoms with Crippen molar-refractivity contribution in [2.24, 2.45) is 0 Å². The van der Waals surface area contributed by atoms with Gasteiger partial charge < -0.3 is 9.31 Å². The Morgan fingerprint density at radius 2 is 1.74 bits per heavy atom. The zero-order valence-electron chi connectivity index (χ0n) is 11.6. The quantitative estimate of drug-likeness (QED) is 0.760. The molecule has 1 saturated heterocycles. The molecule has 1 fully saturated rings. The average molecular weight is 283 g/mol. The second kappa shape index (κ2) is 4.62. The highest BCUT2D eigenvalue weighted by molar-refractivity contribution is 6.69. The summed E-state index contributed by atoms with van der Waals surface area (Å²) in [6, 6.07) is 4.19. The summed E-state index contributed by atoms with van der Waals surface area (Å²) in [5.74, 6) is -0.379. The number of halogens is 2. The third-order valence-electron chi connectivity index (χ3n) is 3.81. The van der Waals surface area contributed by atoms with Gasteiger partial charge in [-0.2, -0.15) is 0 Å². The van der Waals surface area contributed by atoms with Gasteiger partial charge >= 0.3 is 7.12 Å². The summed E-state index contributed by atoms with van der Waals surface area (Å²) < 4.78 is 24.8. The van der Waals surface area contributed by atoms with Gasteiger partial charge in [0, 0.05) is 0 Å². The van der Waals surface area contributed by atoms with E-state index in [1.807, 2.05) is 27.7 Å². The predicted octanol–water partition coefficient (Wildman–Crippen LogP) is 4.12. The lowest BCUT2D eigenvalue weighted by Crippen LogP contribution is -2.41. The van der Waals surface area contributed by atoms with Crippen LogP contribution in [0.2, 0.25) is 5.02 Å². The smallest absolute Gasteiger partial charge is 0.399 e. The molecule has 0 spiro atoms.